The number of nitrogens with one attached hydrogen (secondary N) is 1. The summed E-state index contributed by atoms with van der Waals surface area (Å²) in [6.07, 6.45) is 6.34. The molecule has 4 heteroatoms. The van der Waals surface area contributed by atoms with Crippen molar-refractivity contribution in [2.24, 2.45) is 17.8 Å². The van der Waals surface area contributed by atoms with Gasteiger partial charge in [0.15, 0.2) is 5.60 Å². The Kier molecular flexibility index (Phi) is 5.85. The molecule has 31 heavy (non-hydrogen) atoms. The van der Waals surface area contributed by atoms with Gasteiger partial charge in [0.1, 0.15) is 0 Å². The largest absolute Gasteiger partial charge is 0.375 e. The summed E-state index contributed by atoms with van der Waals surface area (Å²) < 4.78 is 0. The van der Waals surface area contributed by atoms with Crippen molar-refractivity contribution in [3.63, 3.8) is 0 Å². The summed E-state index contributed by atoms with van der Waals surface area (Å²) >= 11 is 0. The average Bonchev–Trinajstić information content (AvgIpc) is 3.22. The molecule has 3 fully saturated rings. The molecule has 2 unspecified atom stereocenters. The fourth-order valence-corrected chi connectivity index (χ4v) is 6.01. The van der Waals surface area contributed by atoms with Gasteiger partial charge in [-0.3, -0.25) is 4.79 Å². The molecule has 0 radical (unpaired) electrons. The normalized spacial score (nSPS) is 27.6. The number of amides is 1. The Balaban J connectivity index is 1.15. The van der Waals surface area contributed by atoms with Crippen LogP contribution in [0.3, 0.4) is 0 Å². The predicted molar refractivity (Wildman–Crippen MR) is 122 cm³/mol. The number of nitrogens with zero attached hydrogens (tertiary/aromatic N) is 1. The Morgan fingerprint density at radius 3 is 2.23 bits per heavy atom. The minimum atomic E-state index is -1.40. The summed E-state index contributed by atoms with van der Waals surface area (Å²) in [5.41, 5.74) is 0.751. The van der Waals surface area contributed by atoms with Crippen molar-refractivity contribution >= 4 is 5.91 Å². The van der Waals surface area contributed by atoms with Gasteiger partial charge < -0.3 is 15.3 Å². The summed E-state index contributed by atoms with van der Waals surface area (Å²) in [6, 6.07) is 20.5. The SMILES string of the molecule is O=C(NC1[C@H]2CN(CCCc3ccccc3)C[C@@H]12)C(O)(c1ccccc1)C1CCCC1. The van der Waals surface area contributed by atoms with Crippen LogP contribution >= 0.6 is 0 Å². The maximum atomic E-state index is 13.4. The van der Waals surface area contributed by atoms with Crippen LogP contribution in [0.15, 0.2) is 60.7 Å². The van der Waals surface area contributed by atoms with Crippen LogP contribution in [0.4, 0.5) is 0 Å². The number of fused-ring (bicyclic) bond motifs is 1. The number of piperidine rings is 1. The van der Waals surface area contributed by atoms with Gasteiger partial charge >= 0.3 is 0 Å². The van der Waals surface area contributed by atoms with E-state index in [0.29, 0.717) is 11.8 Å². The Hall–Kier alpha value is -2.17. The second kappa shape index (κ2) is 8.76. The maximum Gasteiger partial charge on any atom is 0.257 e. The van der Waals surface area contributed by atoms with Crippen molar-refractivity contribution in [3.8, 4) is 0 Å². The van der Waals surface area contributed by atoms with E-state index in [-0.39, 0.29) is 17.9 Å². The van der Waals surface area contributed by atoms with Crippen LogP contribution in [-0.2, 0) is 16.8 Å². The van der Waals surface area contributed by atoms with Crippen molar-refractivity contribution in [2.75, 3.05) is 19.6 Å². The third-order valence-corrected chi connectivity index (χ3v) is 7.86. The lowest BCUT2D eigenvalue weighted by atomic mass is 9.79. The summed E-state index contributed by atoms with van der Waals surface area (Å²) in [4.78, 5) is 15.9. The summed E-state index contributed by atoms with van der Waals surface area (Å²) in [7, 11) is 0. The molecule has 2 aliphatic carbocycles. The quantitative estimate of drug-likeness (QED) is 0.687. The van der Waals surface area contributed by atoms with Gasteiger partial charge in [0.2, 0.25) is 0 Å². The molecule has 4 nitrogen and oxygen atoms in total. The highest BCUT2D eigenvalue weighted by atomic mass is 16.3. The first-order valence-corrected chi connectivity index (χ1v) is 12.0. The molecule has 1 aliphatic heterocycles. The van der Waals surface area contributed by atoms with E-state index in [0.717, 1.165) is 57.3 Å². The minimum absolute atomic E-state index is 0.0166. The van der Waals surface area contributed by atoms with E-state index in [9.17, 15) is 9.90 Å². The lowest BCUT2D eigenvalue weighted by Gasteiger charge is -2.33. The maximum absolute atomic E-state index is 13.4. The van der Waals surface area contributed by atoms with Crippen LogP contribution in [0, 0.1) is 17.8 Å². The van der Waals surface area contributed by atoms with Crippen molar-refractivity contribution < 1.29 is 9.90 Å². The van der Waals surface area contributed by atoms with Gasteiger partial charge in [-0.05, 0) is 55.2 Å². The number of hydrogen-bond acceptors (Lipinski definition) is 3. The van der Waals surface area contributed by atoms with E-state index in [1.807, 2.05) is 30.3 Å². The highest BCUT2D eigenvalue weighted by Gasteiger charge is 2.58. The van der Waals surface area contributed by atoms with Crippen LogP contribution in [-0.4, -0.2) is 41.6 Å². The molecule has 164 valence electrons. The molecule has 3 aliphatic rings. The van der Waals surface area contributed by atoms with E-state index < -0.39 is 5.60 Å². The van der Waals surface area contributed by atoms with Crippen LogP contribution in [0.5, 0.6) is 0 Å². The van der Waals surface area contributed by atoms with Crippen LogP contribution in [0.1, 0.15) is 43.2 Å². The molecule has 5 rings (SSSR count). The summed E-state index contributed by atoms with van der Waals surface area (Å²) in [5, 5.41) is 14.9. The van der Waals surface area contributed by atoms with Gasteiger partial charge in [-0.25, -0.2) is 0 Å². The molecular weight excluding hydrogens is 384 g/mol. The van der Waals surface area contributed by atoms with Crippen LogP contribution in [0.2, 0.25) is 0 Å². The smallest absolute Gasteiger partial charge is 0.257 e. The van der Waals surface area contributed by atoms with Gasteiger partial charge in [0.25, 0.3) is 5.91 Å². The number of benzene rings is 2. The van der Waals surface area contributed by atoms with E-state index in [4.69, 9.17) is 0 Å². The third kappa shape index (κ3) is 4.16. The predicted octanol–water partition coefficient (Wildman–Crippen LogP) is 3.74. The molecule has 2 saturated carbocycles. The molecule has 1 heterocycles. The fraction of sp³-hybridized carbons (Fsp3) is 0.519. The van der Waals surface area contributed by atoms with Crippen molar-refractivity contribution in [1.82, 2.24) is 10.2 Å². The van der Waals surface area contributed by atoms with Crippen LogP contribution in [0.25, 0.3) is 0 Å². The zero-order valence-electron chi connectivity index (χ0n) is 18.2. The summed E-state index contributed by atoms with van der Waals surface area (Å²) in [6.45, 7) is 3.26. The standard InChI is InChI=1S/C27H34N2O2/c30-26(27(31,22-15-7-8-16-22)21-13-5-2-6-14-21)28-25-23-18-29(19-24(23)25)17-9-12-20-10-3-1-4-11-20/h1-6,10-11,13-14,22-25,31H,7-9,12,15-19H2,(H,28,30)/t23-,24+,25?,27?. The highest BCUT2D eigenvalue weighted by Crippen LogP contribution is 2.47. The molecule has 4 atom stereocenters. The topological polar surface area (TPSA) is 52.6 Å². The molecule has 0 spiro atoms. The van der Waals surface area contributed by atoms with E-state index in [2.05, 4.69) is 40.5 Å². The number of aryl methyl sites for hydroxylation is 1. The molecular formula is C27H34N2O2. The zero-order chi connectivity index (χ0) is 21.3. The van der Waals surface area contributed by atoms with Crippen molar-refractivity contribution in [2.45, 2.75) is 50.2 Å². The Morgan fingerprint density at radius 1 is 0.968 bits per heavy atom. The molecule has 2 N–H and O–H groups in total. The third-order valence-electron chi connectivity index (χ3n) is 7.86. The Bertz CT molecular complexity index is 869. The zero-order valence-corrected chi connectivity index (χ0v) is 18.2. The van der Waals surface area contributed by atoms with Gasteiger partial charge in [0, 0.05) is 25.0 Å². The van der Waals surface area contributed by atoms with Gasteiger partial charge in [-0.15, -0.1) is 0 Å². The molecule has 1 saturated heterocycles. The Labute approximate surface area is 185 Å². The Morgan fingerprint density at radius 2 is 1.58 bits per heavy atom. The number of likely N-dealkylation sites (tertiary alicyclic amines) is 1. The number of rotatable bonds is 8. The second-order valence-electron chi connectivity index (χ2n) is 9.79. The molecule has 2 aromatic carbocycles. The number of hydrogen-bond donors (Lipinski definition) is 2. The first-order valence-electron chi connectivity index (χ1n) is 12.0. The van der Waals surface area contributed by atoms with Gasteiger partial charge in [-0.2, -0.15) is 0 Å². The van der Waals surface area contributed by atoms with Crippen molar-refractivity contribution in [3.05, 3.63) is 71.8 Å². The molecule has 1 amide bonds. The van der Waals surface area contributed by atoms with Gasteiger partial charge in [-0.1, -0.05) is 73.5 Å². The lowest BCUT2D eigenvalue weighted by molar-refractivity contribution is -0.147. The van der Waals surface area contributed by atoms with Crippen LogP contribution < -0.4 is 5.32 Å². The first-order chi connectivity index (χ1) is 15.2. The van der Waals surface area contributed by atoms with E-state index >= 15 is 0 Å². The van der Waals surface area contributed by atoms with Gasteiger partial charge in [0.05, 0.1) is 0 Å². The highest BCUT2D eigenvalue weighted by molar-refractivity contribution is 5.87. The van der Waals surface area contributed by atoms with Crippen molar-refractivity contribution in [1.29, 1.82) is 0 Å². The van der Waals surface area contributed by atoms with E-state index in [1.54, 1.807) is 0 Å². The molecule has 0 aromatic heterocycles. The summed E-state index contributed by atoms with van der Waals surface area (Å²) in [5.74, 6) is 0.928. The first kappa shape index (κ1) is 20.7. The second-order valence-corrected chi connectivity index (χ2v) is 9.79. The monoisotopic (exact) mass is 418 g/mol. The molecule has 0 bridgehead atoms. The number of carbonyl (C=O) groups is 1. The minimum Gasteiger partial charge on any atom is -0.375 e. The fourth-order valence-electron chi connectivity index (χ4n) is 6.01. The lowest BCUT2D eigenvalue weighted by Crippen LogP contribution is -2.51. The number of aliphatic hydroxyl groups is 1. The average molecular weight is 419 g/mol. The van der Waals surface area contributed by atoms with E-state index in [1.165, 1.54) is 12.0 Å². The number of carbonyl (C=O) groups excluding carboxylic acids is 1. The molecule has 2 aromatic rings.